The number of benzene rings is 2. The van der Waals surface area contributed by atoms with Crippen LogP contribution in [0.2, 0.25) is 0 Å². The molecule has 1 aliphatic heterocycles. The van der Waals surface area contributed by atoms with Gasteiger partial charge < -0.3 is 15.0 Å². The van der Waals surface area contributed by atoms with Crippen molar-refractivity contribution < 1.29 is 9.53 Å². The number of methoxy groups -OCH3 is 1. The van der Waals surface area contributed by atoms with Gasteiger partial charge in [0, 0.05) is 57.4 Å². The molecule has 6 nitrogen and oxygen atoms in total. The minimum absolute atomic E-state index is 0.286. The minimum atomic E-state index is -0.286. The van der Waals surface area contributed by atoms with E-state index in [9.17, 15) is 4.79 Å². The fourth-order valence-electron chi connectivity index (χ4n) is 5.30. The molecule has 2 aromatic carbocycles. The fourth-order valence-corrected chi connectivity index (χ4v) is 5.30. The van der Waals surface area contributed by atoms with Crippen LogP contribution in [0.4, 0.5) is 0 Å². The number of piperazine rings is 1. The summed E-state index contributed by atoms with van der Waals surface area (Å²) in [6.45, 7) is 19.5. The maximum Gasteiger partial charge on any atom is 0.337 e. The Kier molecular flexibility index (Phi) is 10.9. The lowest BCUT2D eigenvalue weighted by molar-refractivity contribution is 0.0290. The topological polar surface area (TPSA) is 48.0 Å². The normalized spacial score (nSPS) is 20.0. The zero-order valence-corrected chi connectivity index (χ0v) is 23.2. The fraction of sp³-hybridized carbons (Fsp3) is 0.567. The third-order valence-corrected chi connectivity index (χ3v) is 7.40. The third kappa shape index (κ3) is 8.13. The quantitative estimate of drug-likeness (QED) is 0.442. The summed E-state index contributed by atoms with van der Waals surface area (Å²) in [6.07, 6.45) is 0. The van der Waals surface area contributed by atoms with Gasteiger partial charge in [0.05, 0.1) is 12.7 Å². The van der Waals surface area contributed by atoms with Crippen LogP contribution < -0.4 is 5.32 Å². The van der Waals surface area contributed by atoms with Crippen molar-refractivity contribution in [2.75, 3.05) is 39.8 Å². The molecule has 3 atom stereocenters. The van der Waals surface area contributed by atoms with Crippen LogP contribution in [-0.4, -0.2) is 78.6 Å². The summed E-state index contributed by atoms with van der Waals surface area (Å²) in [7, 11) is 1.42. The minimum Gasteiger partial charge on any atom is -0.465 e. The van der Waals surface area contributed by atoms with E-state index in [2.05, 4.69) is 78.9 Å². The van der Waals surface area contributed by atoms with E-state index in [0.717, 1.165) is 52.4 Å². The van der Waals surface area contributed by atoms with Gasteiger partial charge in [-0.25, -0.2) is 4.79 Å². The number of ether oxygens (including phenoxy) is 1. The highest BCUT2D eigenvalue weighted by atomic mass is 16.5. The van der Waals surface area contributed by atoms with Crippen molar-refractivity contribution in [1.29, 1.82) is 0 Å². The van der Waals surface area contributed by atoms with Crippen LogP contribution in [0.1, 0.15) is 61.7 Å². The molecular weight excluding hydrogens is 448 g/mol. The average molecular weight is 495 g/mol. The van der Waals surface area contributed by atoms with Crippen LogP contribution >= 0.6 is 0 Å². The van der Waals surface area contributed by atoms with Crippen LogP contribution in [0.25, 0.3) is 0 Å². The predicted molar refractivity (Wildman–Crippen MR) is 148 cm³/mol. The van der Waals surface area contributed by atoms with Gasteiger partial charge in [0.1, 0.15) is 0 Å². The summed E-state index contributed by atoms with van der Waals surface area (Å²) in [5.74, 6) is -0.286. The molecule has 3 rings (SSSR count). The smallest absolute Gasteiger partial charge is 0.337 e. The van der Waals surface area contributed by atoms with Crippen LogP contribution in [-0.2, 0) is 24.4 Å². The van der Waals surface area contributed by atoms with Crippen molar-refractivity contribution in [3.63, 3.8) is 0 Å². The molecule has 2 aromatic rings. The first-order valence-electron chi connectivity index (χ1n) is 13.5. The molecule has 6 heteroatoms. The number of nitrogens with zero attached hydrogens (tertiary/aromatic N) is 3. The molecule has 0 aliphatic carbocycles. The second kappa shape index (κ2) is 13.9. The Hall–Kier alpha value is -2.25. The van der Waals surface area contributed by atoms with E-state index in [0.29, 0.717) is 23.7 Å². The van der Waals surface area contributed by atoms with Crippen LogP contribution in [0.5, 0.6) is 0 Å². The van der Waals surface area contributed by atoms with Gasteiger partial charge in [-0.05, 0) is 62.7 Å². The Bertz CT molecular complexity index is 932. The zero-order valence-electron chi connectivity index (χ0n) is 23.2. The second-order valence-corrected chi connectivity index (χ2v) is 10.3. The molecule has 0 radical (unpaired) electrons. The summed E-state index contributed by atoms with van der Waals surface area (Å²) in [4.78, 5) is 19.3. The van der Waals surface area contributed by atoms with E-state index in [-0.39, 0.29) is 5.97 Å². The van der Waals surface area contributed by atoms with Gasteiger partial charge in [-0.3, -0.25) is 9.80 Å². The Morgan fingerprint density at radius 3 is 2.25 bits per heavy atom. The Morgan fingerprint density at radius 2 is 1.64 bits per heavy atom. The van der Waals surface area contributed by atoms with Gasteiger partial charge in [-0.15, -0.1) is 0 Å². The molecule has 1 unspecified atom stereocenters. The highest BCUT2D eigenvalue weighted by Crippen LogP contribution is 2.21. The first kappa shape index (κ1) is 28.3. The van der Waals surface area contributed by atoms with Crippen LogP contribution in [0.15, 0.2) is 48.5 Å². The van der Waals surface area contributed by atoms with Gasteiger partial charge in [0.2, 0.25) is 0 Å². The van der Waals surface area contributed by atoms with Crippen LogP contribution in [0, 0.1) is 0 Å². The molecule has 0 amide bonds. The number of carbonyl (C=O) groups is 1. The van der Waals surface area contributed by atoms with Gasteiger partial charge in [0.15, 0.2) is 0 Å². The number of esters is 1. The number of rotatable bonds is 12. The van der Waals surface area contributed by atoms with E-state index < -0.39 is 0 Å². The Morgan fingerprint density at radius 1 is 1.00 bits per heavy atom. The Labute approximate surface area is 218 Å². The van der Waals surface area contributed by atoms with E-state index in [1.807, 2.05) is 24.3 Å². The molecule has 1 saturated heterocycles. The number of nitrogens with one attached hydrogen (secondary N) is 1. The molecule has 198 valence electrons. The van der Waals surface area contributed by atoms with Crippen molar-refractivity contribution in [2.24, 2.45) is 0 Å². The summed E-state index contributed by atoms with van der Waals surface area (Å²) in [5.41, 5.74) is 4.57. The number of carbonyl (C=O) groups excluding carboxylic acids is 1. The molecule has 1 N–H and O–H groups in total. The summed E-state index contributed by atoms with van der Waals surface area (Å²) >= 11 is 0. The predicted octanol–water partition coefficient (Wildman–Crippen LogP) is 4.39. The van der Waals surface area contributed by atoms with Crippen molar-refractivity contribution in [3.05, 3.63) is 70.8 Å². The molecule has 1 fully saturated rings. The maximum absolute atomic E-state index is 11.7. The molecule has 0 bridgehead atoms. The number of hydrogen-bond donors (Lipinski definition) is 1. The lowest BCUT2D eigenvalue weighted by atomic mass is 10.0. The largest absolute Gasteiger partial charge is 0.465 e. The van der Waals surface area contributed by atoms with Gasteiger partial charge in [-0.1, -0.05) is 50.2 Å². The van der Waals surface area contributed by atoms with E-state index in [1.165, 1.54) is 23.8 Å². The Balaban J connectivity index is 1.52. The lowest BCUT2D eigenvalue weighted by Crippen LogP contribution is -2.55. The van der Waals surface area contributed by atoms with Crippen molar-refractivity contribution in [1.82, 2.24) is 20.0 Å². The van der Waals surface area contributed by atoms with E-state index in [1.54, 1.807) is 0 Å². The van der Waals surface area contributed by atoms with Crippen molar-refractivity contribution >= 4 is 5.97 Å². The van der Waals surface area contributed by atoms with E-state index >= 15 is 0 Å². The number of hydrogen-bond acceptors (Lipinski definition) is 6. The van der Waals surface area contributed by atoms with Gasteiger partial charge in [0.25, 0.3) is 0 Å². The lowest BCUT2D eigenvalue weighted by Gasteiger charge is -2.44. The van der Waals surface area contributed by atoms with Gasteiger partial charge in [-0.2, -0.15) is 0 Å². The molecule has 36 heavy (non-hydrogen) atoms. The standard InChI is InChI=1S/C30H46N4O2/c1-7-32(8-2)18-23(3)31-17-27-10-9-11-28(16-27)22-34-24(4)19-33(20-25(34)5)21-26-12-14-29(15-13-26)30(35)36-6/h9-16,23-25,31H,7-8,17-22H2,1-6H3/t23?,24-,25+. The maximum atomic E-state index is 11.7. The molecule has 1 heterocycles. The SMILES string of the molecule is CCN(CC)CC(C)NCc1cccc(CN2[C@H](C)CN(Cc3ccc(C(=O)OC)cc3)C[C@@H]2C)c1. The molecular formula is C30H46N4O2. The first-order valence-corrected chi connectivity index (χ1v) is 13.5. The molecule has 0 saturated carbocycles. The molecule has 1 aliphatic rings. The van der Waals surface area contributed by atoms with Crippen LogP contribution in [0.3, 0.4) is 0 Å². The first-order chi connectivity index (χ1) is 17.3. The number of likely N-dealkylation sites (N-methyl/N-ethyl adjacent to an activating group) is 1. The highest BCUT2D eigenvalue weighted by Gasteiger charge is 2.29. The summed E-state index contributed by atoms with van der Waals surface area (Å²) < 4.78 is 4.81. The third-order valence-electron chi connectivity index (χ3n) is 7.40. The monoisotopic (exact) mass is 494 g/mol. The van der Waals surface area contributed by atoms with E-state index in [4.69, 9.17) is 4.74 Å². The molecule has 0 aromatic heterocycles. The van der Waals surface area contributed by atoms with Crippen molar-refractivity contribution in [3.8, 4) is 0 Å². The molecule has 0 spiro atoms. The zero-order chi connectivity index (χ0) is 26.1. The summed E-state index contributed by atoms with van der Waals surface area (Å²) in [5, 5.41) is 3.70. The second-order valence-electron chi connectivity index (χ2n) is 10.3. The summed E-state index contributed by atoms with van der Waals surface area (Å²) in [6, 6.07) is 18.3. The average Bonchev–Trinajstić information content (AvgIpc) is 2.88. The van der Waals surface area contributed by atoms with Crippen molar-refractivity contribution in [2.45, 2.75) is 72.4 Å². The highest BCUT2D eigenvalue weighted by molar-refractivity contribution is 5.89. The van der Waals surface area contributed by atoms with Gasteiger partial charge >= 0.3 is 5.97 Å².